The minimum atomic E-state index is 0.381. The third kappa shape index (κ3) is 4.14. The normalized spacial score (nSPS) is 20.0. The van der Waals surface area contributed by atoms with E-state index in [2.05, 4.69) is 42.2 Å². The second kappa shape index (κ2) is 8.55. The first-order valence-corrected chi connectivity index (χ1v) is 8.47. The van der Waals surface area contributed by atoms with Crippen LogP contribution in [-0.4, -0.2) is 37.9 Å². The number of para-hydroxylation sites is 1. The van der Waals surface area contributed by atoms with Crippen molar-refractivity contribution in [1.82, 2.24) is 5.32 Å². The molecule has 1 N–H and O–H groups in total. The minimum Gasteiger partial charge on any atom is -0.491 e. The van der Waals surface area contributed by atoms with Gasteiger partial charge in [0.25, 0.3) is 0 Å². The Hall–Kier alpha value is -0.710. The van der Waals surface area contributed by atoms with E-state index >= 15 is 0 Å². The fourth-order valence-electron chi connectivity index (χ4n) is 2.63. The van der Waals surface area contributed by atoms with Gasteiger partial charge in [-0.15, -0.1) is 0 Å². The molecule has 0 amide bonds. The van der Waals surface area contributed by atoms with E-state index in [1.807, 2.05) is 6.07 Å². The van der Waals surface area contributed by atoms with Gasteiger partial charge in [-0.25, -0.2) is 0 Å². The quantitative estimate of drug-likeness (QED) is 0.746. The maximum atomic E-state index is 5.89. The van der Waals surface area contributed by atoms with Gasteiger partial charge in [-0.05, 0) is 31.2 Å². The van der Waals surface area contributed by atoms with E-state index in [0.717, 1.165) is 12.3 Å². The van der Waals surface area contributed by atoms with Crippen LogP contribution >= 0.6 is 11.8 Å². The lowest BCUT2D eigenvalue weighted by molar-refractivity contribution is 0.145. The first-order chi connectivity index (χ1) is 9.86. The molecule has 1 aromatic rings. The molecule has 2 rings (SSSR count). The lowest BCUT2D eigenvalue weighted by atomic mass is 9.99. The monoisotopic (exact) mass is 295 g/mol. The summed E-state index contributed by atoms with van der Waals surface area (Å²) in [5.74, 6) is 2.27. The summed E-state index contributed by atoms with van der Waals surface area (Å²) in [6, 6.07) is 8.77. The number of hydrogen-bond acceptors (Lipinski definition) is 4. The molecule has 1 saturated heterocycles. The third-order valence-electron chi connectivity index (χ3n) is 3.56. The van der Waals surface area contributed by atoms with E-state index in [0.29, 0.717) is 24.5 Å². The van der Waals surface area contributed by atoms with E-state index in [1.54, 1.807) is 7.11 Å². The Morgan fingerprint density at radius 1 is 1.35 bits per heavy atom. The molecule has 20 heavy (non-hydrogen) atoms. The topological polar surface area (TPSA) is 30.5 Å². The number of benzene rings is 1. The van der Waals surface area contributed by atoms with Gasteiger partial charge in [-0.1, -0.05) is 25.1 Å². The van der Waals surface area contributed by atoms with Crippen molar-refractivity contribution in [2.75, 3.05) is 32.6 Å². The Bertz CT molecular complexity index is 394. The van der Waals surface area contributed by atoms with Crippen LogP contribution in [0.25, 0.3) is 0 Å². The third-order valence-corrected chi connectivity index (χ3v) is 5.02. The van der Waals surface area contributed by atoms with Crippen molar-refractivity contribution in [3.63, 3.8) is 0 Å². The van der Waals surface area contributed by atoms with Crippen molar-refractivity contribution in [2.24, 2.45) is 0 Å². The molecule has 0 radical (unpaired) electrons. The summed E-state index contributed by atoms with van der Waals surface area (Å²) in [4.78, 5) is 0. The molecule has 0 aliphatic carbocycles. The van der Waals surface area contributed by atoms with Crippen LogP contribution in [0, 0.1) is 0 Å². The van der Waals surface area contributed by atoms with E-state index in [-0.39, 0.29) is 0 Å². The number of hydrogen-bond donors (Lipinski definition) is 1. The molecule has 1 aliphatic rings. The first kappa shape index (κ1) is 15.7. The second-order valence-corrected chi connectivity index (χ2v) is 6.31. The van der Waals surface area contributed by atoms with Gasteiger partial charge < -0.3 is 14.8 Å². The van der Waals surface area contributed by atoms with Gasteiger partial charge in [-0.2, -0.15) is 11.8 Å². The second-order valence-electron chi connectivity index (χ2n) is 4.97. The van der Waals surface area contributed by atoms with Gasteiger partial charge in [-0.3, -0.25) is 0 Å². The molecule has 1 heterocycles. The van der Waals surface area contributed by atoms with Crippen molar-refractivity contribution in [1.29, 1.82) is 0 Å². The number of rotatable bonds is 8. The van der Waals surface area contributed by atoms with Crippen molar-refractivity contribution in [3.8, 4) is 5.75 Å². The van der Waals surface area contributed by atoms with Crippen LogP contribution in [0.5, 0.6) is 5.75 Å². The molecule has 3 nitrogen and oxygen atoms in total. The molecule has 0 spiro atoms. The molecule has 0 aromatic heterocycles. The zero-order chi connectivity index (χ0) is 14.2. The Labute approximate surface area is 126 Å². The lowest BCUT2D eigenvalue weighted by Gasteiger charge is -2.26. The summed E-state index contributed by atoms with van der Waals surface area (Å²) in [5.41, 5.74) is 1.28. The molecule has 112 valence electrons. The summed E-state index contributed by atoms with van der Waals surface area (Å²) in [5, 5.41) is 4.29. The van der Waals surface area contributed by atoms with Crippen LogP contribution in [0.2, 0.25) is 0 Å². The molecule has 2 unspecified atom stereocenters. The average molecular weight is 295 g/mol. The summed E-state index contributed by atoms with van der Waals surface area (Å²) < 4.78 is 11.0. The molecule has 2 atom stereocenters. The molecule has 1 aromatic carbocycles. The summed E-state index contributed by atoms with van der Waals surface area (Å²) >= 11 is 2.08. The molecule has 4 heteroatoms. The Balaban J connectivity index is 2.13. The number of nitrogens with one attached hydrogen (secondary N) is 1. The highest BCUT2D eigenvalue weighted by Crippen LogP contribution is 2.38. The SMILES string of the molecule is CCNC(c1ccccc1OCCOC)C1CCCS1. The van der Waals surface area contributed by atoms with E-state index in [4.69, 9.17) is 9.47 Å². The summed E-state index contributed by atoms with van der Waals surface area (Å²) in [6.07, 6.45) is 2.61. The Morgan fingerprint density at radius 3 is 2.90 bits per heavy atom. The molecule has 0 bridgehead atoms. The van der Waals surface area contributed by atoms with Gasteiger partial charge in [0.1, 0.15) is 12.4 Å². The van der Waals surface area contributed by atoms with Crippen molar-refractivity contribution in [3.05, 3.63) is 29.8 Å². The van der Waals surface area contributed by atoms with Crippen molar-refractivity contribution in [2.45, 2.75) is 31.1 Å². The minimum absolute atomic E-state index is 0.381. The predicted octanol–water partition coefficient (Wildman–Crippen LogP) is 3.26. The molecular weight excluding hydrogens is 270 g/mol. The van der Waals surface area contributed by atoms with Crippen molar-refractivity contribution < 1.29 is 9.47 Å². The highest BCUT2D eigenvalue weighted by molar-refractivity contribution is 8.00. The zero-order valence-corrected chi connectivity index (χ0v) is 13.2. The number of thioether (sulfide) groups is 1. The fraction of sp³-hybridized carbons (Fsp3) is 0.625. The van der Waals surface area contributed by atoms with E-state index in [1.165, 1.54) is 24.2 Å². The number of methoxy groups -OCH3 is 1. The van der Waals surface area contributed by atoms with E-state index in [9.17, 15) is 0 Å². The Kier molecular flexibility index (Phi) is 6.70. The standard InChI is InChI=1S/C16H25NO2S/c1-3-17-16(15-9-6-12-20-15)13-7-4-5-8-14(13)19-11-10-18-2/h4-5,7-8,15-17H,3,6,9-12H2,1-2H3. The highest BCUT2D eigenvalue weighted by atomic mass is 32.2. The lowest BCUT2D eigenvalue weighted by Crippen LogP contribution is -2.29. The van der Waals surface area contributed by atoms with Crippen LogP contribution in [0.3, 0.4) is 0 Å². The molecule has 0 saturated carbocycles. The smallest absolute Gasteiger partial charge is 0.124 e. The maximum Gasteiger partial charge on any atom is 0.124 e. The molecular formula is C16H25NO2S. The highest BCUT2D eigenvalue weighted by Gasteiger charge is 2.28. The summed E-state index contributed by atoms with van der Waals surface area (Å²) in [7, 11) is 1.70. The molecule has 1 fully saturated rings. The van der Waals surface area contributed by atoms with Crippen LogP contribution in [0.4, 0.5) is 0 Å². The first-order valence-electron chi connectivity index (χ1n) is 7.42. The Morgan fingerprint density at radius 2 is 2.20 bits per heavy atom. The van der Waals surface area contributed by atoms with Gasteiger partial charge in [0.2, 0.25) is 0 Å². The molecule has 1 aliphatic heterocycles. The zero-order valence-electron chi connectivity index (χ0n) is 12.4. The van der Waals surface area contributed by atoms with Gasteiger partial charge in [0.15, 0.2) is 0 Å². The van der Waals surface area contributed by atoms with E-state index < -0.39 is 0 Å². The largest absolute Gasteiger partial charge is 0.491 e. The van der Waals surface area contributed by atoms with Crippen molar-refractivity contribution >= 4 is 11.8 Å². The van der Waals surface area contributed by atoms with Crippen LogP contribution in [0.1, 0.15) is 31.4 Å². The van der Waals surface area contributed by atoms with Gasteiger partial charge in [0, 0.05) is 24.0 Å². The average Bonchev–Trinajstić information content (AvgIpc) is 3.00. The van der Waals surface area contributed by atoms with Gasteiger partial charge in [0.05, 0.1) is 6.61 Å². The maximum absolute atomic E-state index is 5.89. The number of ether oxygens (including phenoxy) is 2. The fourth-order valence-corrected chi connectivity index (χ4v) is 4.04. The van der Waals surface area contributed by atoms with Crippen LogP contribution in [0.15, 0.2) is 24.3 Å². The van der Waals surface area contributed by atoms with Crippen LogP contribution in [-0.2, 0) is 4.74 Å². The van der Waals surface area contributed by atoms with Crippen LogP contribution < -0.4 is 10.1 Å². The summed E-state index contributed by atoms with van der Waals surface area (Å²) in [6.45, 7) is 4.37. The predicted molar refractivity (Wildman–Crippen MR) is 85.7 cm³/mol. The van der Waals surface area contributed by atoms with Gasteiger partial charge >= 0.3 is 0 Å².